The monoisotopic (exact) mass is 269 g/mol. The van der Waals surface area contributed by atoms with Crippen LogP contribution in [0.1, 0.15) is 18.6 Å². The van der Waals surface area contributed by atoms with E-state index >= 15 is 0 Å². The Hall–Kier alpha value is -1.80. The Bertz CT molecular complexity index is 490. The van der Waals surface area contributed by atoms with Crippen molar-refractivity contribution in [1.29, 1.82) is 0 Å². The van der Waals surface area contributed by atoms with Crippen LogP contribution in [0.2, 0.25) is 5.15 Å². The number of H-pyrrole nitrogens is 1. The second-order valence-electron chi connectivity index (χ2n) is 3.31. The lowest BCUT2D eigenvalue weighted by molar-refractivity contribution is 0.128. The minimum absolute atomic E-state index is 0.327. The first-order valence-electron chi connectivity index (χ1n) is 5.35. The molecule has 0 saturated heterocycles. The van der Waals surface area contributed by atoms with E-state index in [4.69, 9.17) is 16.3 Å². The van der Waals surface area contributed by atoms with Gasteiger partial charge in [-0.15, -0.1) is 10.2 Å². The molecule has 9 heteroatoms. The summed E-state index contributed by atoms with van der Waals surface area (Å²) in [6, 6.07) is 1.62. The van der Waals surface area contributed by atoms with Gasteiger partial charge in [0.1, 0.15) is 17.6 Å². The first-order valence-corrected chi connectivity index (χ1v) is 5.73. The number of hydrogen-bond donors (Lipinski definition) is 2. The van der Waals surface area contributed by atoms with Gasteiger partial charge in [-0.3, -0.25) is 0 Å². The van der Waals surface area contributed by atoms with E-state index in [1.54, 1.807) is 6.07 Å². The molecule has 0 amide bonds. The van der Waals surface area contributed by atoms with Crippen molar-refractivity contribution in [2.75, 3.05) is 11.9 Å². The molecule has 0 unspecified atom stereocenters. The topological polar surface area (TPSA) is 102 Å². The summed E-state index contributed by atoms with van der Waals surface area (Å²) in [5, 5.41) is 16.8. The number of halogens is 1. The van der Waals surface area contributed by atoms with Crippen molar-refractivity contribution < 1.29 is 4.74 Å². The van der Waals surface area contributed by atoms with Crippen LogP contribution in [0, 0.1) is 0 Å². The lowest BCUT2D eigenvalue weighted by atomic mass is 10.5. The van der Waals surface area contributed by atoms with Crippen molar-refractivity contribution in [3.05, 3.63) is 22.9 Å². The molecule has 0 radical (unpaired) electrons. The minimum Gasteiger partial charge on any atom is -0.374 e. The number of ether oxygens (including phenoxy) is 1. The summed E-state index contributed by atoms with van der Waals surface area (Å²) in [7, 11) is 0. The van der Waals surface area contributed by atoms with Gasteiger partial charge in [0.25, 0.3) is 0 Å². The number of aromatic nitrogens is 6. The van der Waals surface area contributed by atoms with Crippen LogP contribution in [0.4, 0.5) is 5.82 Å². The first kappa shape index (κ1) is 12.7. The Morgan fingerprint density at radius 3 is 3.00 bits per heavy atom. The zero-order valence-electron chi connectivity index (χ0n) is 9.72. The van der Waals surface area contributed by atoms with Crippen LogP contribution in [0.15, 0.2) is 6.07 Å². The Balaban J connectivity index is 2.00. The van der Waals surface area contributed by atoms with Gasteiger partial charge in [-0.2, -0.15) is 5.21 Å². The average molecular weight is 270 g/mol. The van der Waals surface area contributed by atoms with E-state index in [9.17, 15) is 0 Å². The fourth-order valence-corrected chi connectivity index (χ4v) is 1.44. The predicted octanol–water partition coefficient (Wildman–Crippen LogP) is 0.792. The smallest absolute Gasteiger partial charge is 0.193 e. The highest BCUT2D eigenvalue weighted by molar-refractivity contribution is 6.29. The van der Waals surface area contributed by atoms with Gasteiger partial charge < -0.3 is 10.1 Å². The van der Waals surface area contributed by atoms with Crippen molar-refractivity contribution >= 4 is 17.4 Å². The minimum atomic E-state index is 0.327. The van der Waals surface area contributed by atoms with Gasteiger partial charge in [0.15, 0.2) is 11.6 Å². The molecule has 96 valence electrons. The molecule has 0 saturated carbocycles. The highest BCUT2D eigenvalue weighted by atomic mass is 35.5. The largest absolute Gasteiger partial charge is 0.374 e. The normalized spacial score (nSPS) is 10.6. The van der Waals surface area contributed by atoms with Crippen LogP contribution < -0.4 is 5.32 Å². The Morgan fingerprint density at radius 2 is 2.28 bits per heavy atom. The molecule has 2 aromatic rings. The molecule has 0 atom stereocenters. The number of hydrogen-bond acceptors (Lipinski definition) is 7. The molecule has 2 rings (SSSR count). The summed E-state index contributed by atoms with van der Waals surface area (Å²) < 4.78 is 5.23. The first-order chi connectivity index (χ1) is 8.78. The maximum Gasteiger partial charge on any atom is 0.193 e. The maximum absolute atomic E-state index is 5.89. The van der Waals surface area contributed by atoms with Crippen LogP contribution in [0.5, 0.6) is 0 Å². The van der Waals surface area contributed by atoms with E-state index in [-0.39, 0.29) is 0 Å². The van der Waals surface area contributed by atoms with Gasteiger partial charge in [-0.05, 0) is 6.92 Å². The van der Waals surface area contributed by atoms with Crippen molar-refractivity contribution in [1.82, 2.24) is 30.6 Å². The molecular weight excluding hydrogens is 258 g/mol. The van der Waals surface area contributed by atoms with Gasteiger partial charge in [0.05, 0.1) is 6.54 Å². The molecule has 0 aliphatic heterocycles. The van der Waals surface area contributed by atoms with Gasteiger partial charge in [0.2, 0.25) is 0 Å². The van der Waals surface area contributed by atoms with Gasteiger partial charge in [-0.1, -0.05) is 16.8 Å². The fraction of sp³-hybridized carbons (Fsp3) is 0.444. The molecule has 0 fully saturated rings. The number of aromatic amines is 1. The summed E-state index contributed by atoms with van der Waals surface area (Å²) >= 11 is 5.89. The molecule has 0 spiro atoms. The summed E-state index contributed by atoms with van der Waals surface area (Å²) in [5.74, 6) is 1.66. The average Bonchev–Trinajstić information content (AvgIpc) is 2.86. The zero-order chi connectivity index (χ0) is 12.8. The summed E-state index contributed by atoms with van der Waals surface area (Å²) in [4.78, 5) is 8.31. The standard InChI is InChI=1S/C9H12ClN7O/c1-2-18-5-9-12-6(10)3-7(13-9)11-4-8-14-16-17-15-8/h3H,2,4-5H2,1H3,(H,11,12,13)(H,14,15,16,17). The maximum atomic E-state index is 5.89. The molecule has 2 heterocycles. The lowest BCUT2D eigenvalue weighted by Crippen LogP contribution is -2.07. The van der Waals surface area contributed by atoms with Crippen molar-refractivity contribution in [3.8, 4) is 0 Å². The van der Waals surface area contributed by atoms with Crippen molar-refractivity contribution in [3.63, 3.8) is 0 Å². The van der Waals surface area contributed by atoms with E-state index in [0.717, 1.165) is 0 Å². The van der Waals surface area contributed by atoms with Crippen molar-refractivity contribution in [2.24, 2.45) is 0 Å². The molecule has 8 nitrogen and oxygen atoms in total. The molecular formula is C9H12ClN7O. The fourth-order valence-electron chi connectivity index (χ4n) is 1.24. The molecule has 0 bridgehead atoms. The highest BCUT2D eigenvalue weighted by Gasteiger charge is 2.04. The predicted molar refractivity (Wildman–Crippen MR) is 63.9 cm³/mol. The van der Waals surface area contributed by atoms with E-state index in [1.165, 1.54) is 0 Å². The Labute approximate surface area is 108 Å². The summed E-state index contributed by atoms with van der Waals surface area (Å²) in [6.07, 6.45) is 0. The van der Waals surface area contributed by atoms with Crippen LogP contribution in [0.25, 0.3) is 0 Å². The highest BCUT2D eigenvalue weighted by Crippen LogP contribution is 2.12. The molecule has 18 heavy (non-hydrogen) atoms. The molecule has 0 aromatic carbocycles. The third-order valence-electron chi connectivity index (χ3n) is 1.99. The van der Waals surface area contributed by atoms with E-state index < -0.39 is 0 Å². The van der Waals surface area contributed by atoms with E-state index in [1.807, 2.05) is 6.92 Å². The Morgan fingerprint density at radius 1 is 1.39 bits per heavy atom. The van der Waals surface area contributed by atoms with Crippen LogP contribution in [-0.2, 0) is 17.9 Å². The number of rotatable bonds is 6. The molecule has 0 aliphatic carbocycles. The summed E-state index contributed by atoms with van der Waals surface area (Å²) in [5.41, 5.74) is 0. The van der Waals surface area contributed by atoms with E-state index in [2.05, 4.69) is 35.9 Å². The molecule has 0 aliphatic rings. The number of tetrazole rings is 1. The third kappa shape index (κ3) is 3.60. The zero-order valence-corrected chi connectivity index (χ0v) is 10.5. The number of anilines is 1. The van der Waals surface area contributed by atoms with Crippen LogP contribution in [-0.4, -0.2) is 37.2 Å². The molecule has 2 N–H and O–H groups in total. The van der Waals surface area contributed by atoms with Crippen LogP contribution in [0.3, 0.4) is 0 Å². The molecule has 2 aromatic heterocycles. The van der Waals surface area contributed by atoms with Crippen LogP contribution >= 0.6 is 11.6 Å². The third-order valence-corrected chi connectivity index (χ3v) is 2.19. The van der Waals surface area contributed by atoms with Gasteiger partial charge >= 0.3 is 0 Å². The lowest BCUT2D eigenvalue weighted by Gasteiger charge is -2.06. The number of nitrogens with one attached hydrogen (secondary N) is 2. The Kier molecular flexibility index (Phi) is 4.37. The van der Waals surface area contributed by atoms with Gasteiger partial charge in [-0.25, -0.2) is 9.97 Å². The quantitative estimate of drug-likeness (QED) is 0.748. The summed E-state index contributed by atoms with van der Waals surface area (Å²) in [6.45, 7) is 3.23. The second kappa shape index (κ2) is 6.22. The number of nitrogens with zero attached hydrogens (tertiary/aromatic N) is 5. The van der Waals surface area contributed by atoms with E-state index in [0.29, 0.717) is 42.4 Å². The van der Waals surface area contributed by atoms with Crippen molar-refractivity contribution in [2.45, 2.75) is 20.1 Å². The SMILES string of the molecule is CCOCc1nc(Cl)cc(NCc2nn[nH]n2)n1. The second-order valence-corrected chi connectivity index (χ2v) is 3.70. The van der Waals surface area contributed by atoms with Gasteiger partial charge in [0, 0.05) is 12.7 Å².